The van der Waals surface area contributed by atoms with Crippen LogP contribution in [0.1, 0.15) is 30.9 Å². The lowest BCUT2D eigenvalue weighted by Gasteiger charge is -2.32. The second-order valence-electron chi connectivity index (χ2n) is 5.35. The maximum atomic E-state index is 12.7. The summed E-state index contributed by atoms with van der Waals surface area (Å²) in [5.41, 5.74) is 0. The zero-order valence-corrected chi connectivity index (χ0v) is 11.4. The van der Waals surface area contributed by atoms with Crippen LogP contribution in [0.5, 0.6) is 0 Å². The molecule has 0 aliphatic carbocycles. The van der Waals surface area contributed by atoms with E-state index in [0.717, 1.165) is 30.4 Å². The second-order valence-corrected chi connectivity index (χ2v) is 5.35. The van der Waals surface area contributed by atoms with Crippen LogP contribution >= 0.6 is 0 Å². The predicted molar refractivity (Wildman–Crippen MR) is 66.1 cm³/mol. The average Bonchev–Trinajstić information content (AvgIpc) is 2.90. The molecule has 3 heterocycles. The zero-order valence-electron chi connectivity index (χ0n) is 11.4. The van der Waals surface area contributed by atoms with Gasteiger partial charge in [0.05, 0.1) is 12.6 Å². The fourth-order valence-corrected chi connectivity index (χ4v) is 2.84. The quantitative estimate of drug-likeness (QED) is 0.833. The van der Waals surface area contributed by atoms with Gasteiger partial charge < -0.3 is 14.8 Å². The SMILES string of the molecule is O=C([C@H]1CCCCN1)N1CCn2c(nnc2C(F)(F)F)C1. The van der Waals surface area contributed by atoms with Gasteiger partial charge in [0, 0.05) is 13.1 Å². The maximum Gasteiger partial charge on any atom is 0.451 e. The molecule has 0 unspecified atom stereocenters. The van der Waals surface area contributed by atoms with Crippen LogP contribution < -0.4 is 5.32 Å². The molecule has 1 atom stereocenters. The molecule has 0 spiro atoms. The largest absolute Gasteiger partial charge is 0.451 e. The molecule has 0 saturated carbocycles. The highest BCUT2D eigenvalue weighted by atomic mass is 19.4. The van der Waals surface area contributed by atoms with Crippen molar-refractivity contribution < 1.29 is 18.0 Å². The first kappa shape index (κ1) is 14.3. The van der Waals surface area contributed by atoms with Crippen LogP contribution in [0, 0.1) is 0 Å². The zero-order chi connectivity index (χ0) is 15.0. The fraction of sp³-hybridized carbons (Fsp3) is 0.750. The highest BCUT2D eigenvalue weighted by molar-refractivity contribution is 5.82. The smallest absolute Gasteiger partial charge is 0.332 e. The molecule has 3 rings (SSSR count). The molecule has 2 aliphatic rings. The highest BCUT2D eigenvalue weighted by Crippen LogP contribution is 2.29. The summed E-state index contributed by atoms with van der Waals surface area (Å²) in [5, 5.41) is 9.94. The third kappa shape index (κ3) is 2.74. The summed E-state index contributed by atoms with van der Waals surface area (Å²) in [6.07, 6.45) is -1.70. The normalized spacial score (nSPS) is 23.0. The lowest BCUT2D eigenvalue weighted by molar-refractivity contribution is -0.148. The molecule has 2 aliphatic heterocycles. The van der Waals surface area contributed by atoms with Crippen LogP contribution in [0.25, 0.3) is 0 Å². The first-order chi connectivity index (χ1) is 9.97. The number of nitrogens with one attached hydrogen (secondary N) is 1. The van der Waals surface area contributed by atoms with Crippen molar-refractivity contribution in [3.63, 3.8) is 0 Å². The number of piperidine rings is 1. The van der Waals surface area contributed by atoms with Gasteiger partial charge in [-0.1, -0.05) is 6.42 Å². The number of carbonyl (C=O) groups is 1. The van der Waals surface area contributed by atoms with Gasteiger partial charge >= 0.3 is 6.18 Å². The number of nitrogens with zero attached hydrogens (tertiary/aromatic N) is 4. The molecular formula is C12H16F3N5O. The van der Waals surface area contributed by atoms with E-state index in [1.54, 1.807) is 4.90 Å². The lowest BCUT2D eigenvalue weighted by Crippen LogP contribution is -2.50. The maximum absolute atomic E-state index is 12.7. The van der Waals surface area contributed by atoms with Gasteiger partial charge in [0.15, 0.2) is 5.82 Å². The van der Waals surface area contributed by atoms with Crippen molar-refractivity contribution in [1.82, 2.24) is 25.0 Å². The molecule has 1 N–H and O–H groups in total. The summed E-state index contributed by atoms with van der Waals surface area (Å²) in [4.78, 5) is 13.9. The standard InChI is InChI=1S/C12H16F3N5O/c13-12(14,15)11-18-17-9-7-19(5-6-20(9)11)10(21)8-3-1-2-4-16-8/h8,16H,1-7H2/t8-/m1/s1. The summed E-state index contributed by atoms with van der Waals surface area (Å²) in [6.45, 7) is 1.22. The van der Waals surface area contributed by atoms with Gasteiger partial charge in [-0.25, -0.2) is 0 Å². The van der Waals surface area contributed by atoms with Crippen LogP contribution in [0.3, 0.4) is 0 Å². The van der Waals surface area contributed by atoms with E-state index in [0.29, 0.717) is 0 Å². The molecule has 1 aromatic heterocycles. The number of hydrogen-bond acceptors (Lipinski definition) is 4. The lowest BCUT2D eigenvalue weighted by atomic mass is 10.0. The summed E-state index contributed by atoms with van der Waals surface area (Å²) in [7, 11) is 0. The van der Waals surface area contributed by atoms with Gasteiger partial charge in [-0.05, 0) is 19.4 Å². The number of halogens is 3. The minimum absolute atomic E-state index is 0.0579. The van der Waals surface area contributed by atoms with Crippen molar-refractivity contribution in [1.29, 1.82) is 0 Å². The van der Waals surface area contributed by atoms with E-state index in [4.69, 9.17) is 0 Å². The van der Waals surface area contributed by atoms with Gasteiger partial charge in [0.2, 0.25) is 11.7 Å². The molecule has 1 fully saturated rings. The Morgan fingerprint density at radius 3 is 2.71 bits per heavy atom. The monoisotopic (exact) mass is 303 g/mol. The molecule has 1 aromatic rings. The Balaban J connectivity index is 1.73. The number of alkyl halides is 3. The minimum atomic E-state index is -4.51. The number of amides is 1. The van der Waals surface area contributed by atoms with Crippen molar-refractivity contribution in [2.45, 2.75) is 44.6 Å². The van der Waals surface area contributed by atoms with E-state index in [-0.39, 0.29) is 37.4 Å². The highest BCUT2D eigenvalue weighted by Gasteiger charge is 2.40. The second kappa shape index (κ2) is 5.28. The molecule has 9 heteroatoms. The van der Waals surface area contributed by atoms with E-state index in [9.17, 15) is 18.0 Å². The predicted octanol–water partition coefficient (Wildman–Crippen LogP) is 0.781. The summed E-state index contributed by atoms with van der Waals surface area (Å²) >= 11 is 0. The van der Waals surface area contributed by atoms with Crippen molar-refractivity contribution in [2.24, 2.45) is 0 Å². The van der Waals surface area contributed by atoms with E-state index in [2.05, 4.69) is 15.5 Å². The molecule has 21 heavy (non-hydrogen) atoms. The van der Waals surface area contributed by atoms with Crippen LogP contribution in [0.4, 0.5) is 13.2 Å². The molecule has 0 aromatic carbocycles. The number of aromatic nitrogens is 3. The summed E-state index contributed by atoms with van der Waals surface area (Å²) < 4.78 is 39.3. The number of fused-ring (bicyclic) bond motifs is 1. The Kier molecular flexibility index (Phi) is 3.60. The molecule has 0 radical (unpaired) electrons. The third-order valence-electron chi connectivity index (χ3n) is 3.93. The Bertz CT molecular complexity index is 535. The number of hydrogen-bond donors (Lipinski definition) is 1. The van der Waals surface area contributed by atoms with Crippen LogP contribution in [-0.4, -0.2) is 44.7 Å². The summed E-state index contributed by atoms with van der Waals surface area (Å²) in [5.74, 6) is -0.851. The van der Waals surface area contributed by atoms with E-state index >= 15 is 0 Å². The van der Waals surface area contributed by atoms with Crippen molar-refractivity contribution in [2.75, 3.05) is 13.1 Å². The Labute approximate surface area is 119 Å². The minimum Gasteiger partial charge on any atom is -0.332 e. The molecule has 116 valence electrons. The number of rotatable bonds is 1. The van der Waals surface area contributed by atoms with E-state index in [1.807, 2.05) is 0 Å². The Morgan fingerprint density at radius 2 is 2.05 bits per heavy atom. The fourth-order valence-electron chi connectivity index (χ4n) is 2.84. The molecule has 0 bridgehead atoms. The van der Waals surface area contributed by atoms with E-state index in [1.165, 1.54) is 0 Å². The van der Waals surface area contributed by atoms with Gasteiger partial charge in [0.1, 0.15) is 0 Å². The molecular weight excluding hydrogens is 287 g/mol. The Morgan fingerprint density at radius 1 is 1.24 bits per heavy atom. The van der Waals surface area contributed by atoms with Crippen molar-refractivity contribution in [3.05, 3.63) is 11.6 Å². The average molecular weight is 303 g/mol. The van der Waals surface area contributed by atoms with Crippen molar-refractivity contribution in [3.8, 4) is 0 Å². The van der Waals surface area contributed by atoms with E-state index < -0.39 is 12.0 Å². The molecule has 6 nitrogen and oxygen atoms in total. The van der Waals surface area contributed by atoms with Crippen LogP contribution in [-0.2, 0) is 24.1 Å². The van der Waals surface area contributed by atoms with Gasteiger partial charge in [-0.15, -0.1) is 10.2 Å². The molecule has 1 saturated heterocycles. The number of carbonyl (C=O) groups excluding carboxylic acids is 1. The van der Waals surface area contributed by atoms with Gasteiger partial charge in [-0.3, -0.25) is 4.79 Å². The first-order valence-electron chi connectivity index (χ1n) is 6.98. The van der Waals surface area contributed by atoms with Crippen LogP contribution in [0.2, 0.25) is 0 Å². The Hall–Kier alpha value is -1.64. The molecule has 1 amide bonds. The topological polar surface area (TPSA) is 63.1 Å². The van der Waals surface area contributed by atoms with Crippen molar-refractivity contribution >= 4 is 5.91 Å². The van der Waals surface area contributed by atoms with Gasteiger partial charge in [-0.2, -0.15) is 13.2 Å². The van der Waals surface area contributed by atoms with Crippen LogP contribution in [0.15, 0.2) is 0 Å². The third-order valence-corrected chi connectivity index (χ3v) is 3.93. The van der Waals surface area contributed by atoms with Gasteiger partial charge in [0.25, 0.3) is 0 Å². The summed E-state index contributed by atoms with van der Waals surface area (Å²) in [6, 6.07) is -0.227. The first-order valence-corrected chi connectivity index (χ1v) is 6.98.